The van der Waals surface area contributed by atoms with E-state index < -0.39 is 12.0 Å². The van der Waals surface area contributed by atoms with Gasteiger partial charge in [0.05, 0.1) is 10.0 Å². The van der Waals surface area contributed by atoms with Gasteiger partial charge in [0.1, 0.15) is 34.3 Å². The maximum absolute atomic E-state index is 12.1. The summed E-state index contributed by atoms with van der Waals surface area (Å²) in [4.78, 5) is 12.1. The van der Waals surface area contributed by atoms with Gasteiger partial charge in [0.25, 0.3) is 5.91 Å². The smallest absolute Gasteiger partial charge is 0.268 e. The van der Waals surface area contributed by atoms with Gasteiger partial charge in [-0.05, 0) is 18.2 Å². The van der Waals surface area contributed by atoms with Crippen LogP contribution in [0.2, 0.25) is 20.2 Å². The Bertz CT molecular complexity index is 749. The molecule has 9 heteroatoms. The van der Waals surface area contributed by atoms with Crippen molar-refractivity contribution in [2.75, 3.05) is 13.2 Å². The number of aliphatic hydroxyl groups is 1. The molecule has 0 aliphatic heterocycles. The maximum atomic E-state index is 12.1. The van der Waals surface area contributed by atoms with Gasteiger partial charge in [0.15, 0.2) is 0 Å². The zero-order valence-corrected chi connectivity index (χ0v) is 15.5. The highest BCUT2D eigenvalue weighted by Gasteiger charge is 2.17. The van der Waals surface area contributed by atoms with E-state index in [1.165, 1.54) is 10.6 Å². The highest BCUT2D eigenvalue weighted by molar-refractivity contribution is 6.43. The minimum absolute atomic E-state index is 0.0164. The van der Waals surface area contributed by atoms with Crippen LogP contribution in [0.25, 0.3) is 0 Å². The predicted octanol–water partition coefficient (Wildman–Crippen LogP) is 3.81. The first-order valence-corrected chi connectivity index (χ1v) is 8.36. The van der Waals surface area contributed by atoms with E-state index in [9.17, 15) is 9.90 Å². The maximum Gasteiger partial charge on any atom is 0.268 e. The van der Waals surface area contributed by atoms with Crippen molar-refractivity contribution in [3.63, 3.8) is 0 Å². The number of aromatic nitrogens is 1. The average Bonchev–Trinajstić information content (AvgIpc) is 2.81. The van der Waals surface area contributed by atoms with Crippen LogP contribution < -0.4 is 10.1 Å². The number of benzene rings is 1. The lowest BCUT2D eigenvalue weighted by molar-refractivity contribution is 0.0837. The molecular weight excluding hydrogens is 398 g/mol. The van der Waals surface area contributed by atoms with Gasteiger partial charge < -0.3 is 19.7 Å². The van der Waals surface area contributed by atoms with Crippen LogP contribution in [0.5, 0.6) is 5.75 Å². The summed E-state index contributed by atoms with van der Waals surface area (Å²) in [7, 11) is 1.61. The molecule has 1 atom stereocenters. The number of hydrogen-bond acceptors (Lipinski definition) is 3. The molecule has 5 nitrogen and oxygen atoms in total. The standard InChI is InChI=1S/C15H14Cl4N2O3/c1-21-11(5-10(17)14(21)19)15(23)20-6-8(22)7-24-12-4-2-3-9(16)13(12)18/h2-5,8,22H,6-7H2,1H3,(H,20,23). The molecular formula is C15H14Cl4N2O3. The number of amides is 1. The van der Waals surface area contributed by atoms with Gasteiger partial charge in [-0.2, -0.15) is 0 Å². The van der Waals surface area contributed by atoms with Crippen LogP contribution in [-0.4, -0.2) is 34.8 Å². The van der Waals surface area contributed by atoms with Crippen molar-refractivity contribution in [3.8, 4) is 5.75 Å². The number of nitrogens with zero attached hydrogens (tertiary/aromatic N) is 1. The Morgan fingerprint density at radius 3 is 2.62 bits per heavy atom. The SMILES string of the molecule is Cn1c(C(=O)NCC(O)COc2cccc(Cl)c2Cl)cc(Cl)c1Cl. The van der Waals surface area contributed by atoms with E-state index in [-0.39, 0.29) is 34.0 Å². The van der Waals surface area contributed by atoms with Crippen LogP contribution in [0.4, 0.5) is 0 Å². The third-order valence-electron chi connectivity index (χ3n) is 3.19. The molecule has 1 aromatic carbocycles. The molecule has 0 spiro atoms. The molecule has 2 N–H and O–H groups in total. The number of ether oxygens (including phenoxy) is 1. The van der Waals surface area contributed by atoms with Gasteiger partial charge in [-0.1, -0.05) is 52.5 Å². The summed E-state index contributed by atoms with van der Waals surface area (Å²) in [6, 6.07) is 6.39. The van der Waals surface area contributed by atoms with Crippen molar-refractivity contribution in [3.05, 3.63) is 50.2 Å². The van der Waals surface area contributed by atoms with Crippen molar-refractivity contribution in [1.29, 1.82) is 0 Å². The van der Waals surface area contributed by atoms with E-state index in [2.05, 4.69) is 5.32 Å². The molecule has 1 unspecified atom stereocenters. The van der Waals surface area contributed by atoms with Crippen LogP contribution in [0.15, 0.2) is 24.3 Å². The molecule has 1 amide bonds. The van der Waals surface area contributed by atoms with E-state index in [4.69, 9.17) is 51.1 Å². The molecule has 0 aliphatic carbocycles. The van der Waals surface area contributed by atoms with Crippen molar-refractivity contribution < 1.29 is 14.6 Å². The van der Waals surface area contributed by atoms with E-state index in [1.54, 1.807) is 25.2 Å². The first kappa shape index (κ1) is 19.2. The number of hydrogen-bond donors (Lipinski definition) is 2. The van der Waals surface area contributed by atoms with Gasteiger partial charge >= 0.3 is 0 Å². The van der Waals surface area contributed by atoms with Crippen LogP contribution in [0.3, 0.4) is 0 Å². The first-order chi connectivity index (χ1) is 11.3. The largest absolute Gasteiger partial charge is 0.489 e. The number of carbonyl (C=O) groups is 1. The zero-order valence-electron chi connectivity index (χ0n) is 12.5. The third kappa shape index (κ3) is 4.49. The molecule has 0 aliphatic rings. The topological polar surface area (TPSA) is 63.5 Å². The van der Waals surface area contributed by atoms with Crippen molar-refractivity contribution in [1.82, 2.24) is 9.88 Å². The van der Waals surface area contributed by atoms with E-state index >= 15 is 0 Å². The molecule has 1 heterocycles. The Hall–Kier alpha value is -1.11. The summed E-state index contributed by atoms with van der Waals surface area (Å²) in [5.74, 6) is -0.0540. The summed E-state index contributed by atoms with van der Waals surface area (Å²) in [5, 5.41) is 13.7. The fraction of sp³-hybridized carbons (Fsp3) is 0.267. The second kappa shape index (κ2) is 8.32. The lowest BCUT2D eigenvalue weighted by Gasteiger charge is -2.14. The highest BCUT2D eigenvalue weighted by Crippen LogP contribution is 2.31. The molecule has 0 fully saturated rings. The Morgan fingerprint density at radius 1 is 1.29 bits per heavy atom. The monoisotopic (exact) mass is 410 g/mol. The fourth-order valence-corrected chi connectivity index (χ4v) is 2.62. The summed E-state index contributed by atoms with van der Waals surface area (Å²) >= 11 is 23.6. The van der Waals surface area contributed by atoms with Gasteiger partial charge in [-0.25, -0.2) is 0 Å². The molecule has 1 aromatic heterocycles. The Morgan fingerprint density at radius 2 is 2.00 bits per heavy atom. The normalized spacial score (nSPS) is 12.1. The van der Waals surface area contributed by atoms with Crippen LogP contribution in [-0.2, 0) is 7.05 Å². The van der Waals surface area contributed by atoms with Crippen LogP contribution in [0, 0.1) is 0 Å². The Kier molecular flexibility index (Phi) is 6.66. The van der Waals surface area contributed by atoms with Gasteiger partial charge in [-0.3, -0.25) is 4.79 Å². The number of aliphatic hydroxyl groups excluding tert-OH is 1. The molecule has 0 saturated heterocycles. The minimum Gasteiger partial charge on any atom is -0.489 e. The predicted molar refractivity (Wildman–Crippen MR) is 95.7 cm³/mol. The van der Waals surface area contributed by atoms with Gasteiger partial charge in [-0.15, -0.1) is 0 Å². The van der Waals surface area contributed by atoms with E-state index in [1.807, 2.05) is 0 Å². The van der Waals surface area contributed by atoms with Crippen LogP contribution >= 0.6 is 46.4 Å². The third-order valence-corrected chi connectivity index (χ3v) is 4.84. The summed E-state index contributed by atoms with van der Waals surface area (Å²) in [6.45, 7) is -0.0770. The van der Waals surface area contributed by atoms with Crippen molar-refractivity contribution in [2.45, 2.75) is 6.10 Å². The molecule has 0 bridgehead atoms. The lowest BCUT2D eigenvalue weighted by Crippen LogP contribution is -2.36. The van der Waals surface area contributed by atoms with E-state index in [0.29, 0.717) is 10.8 Å². The minimum atomic E-state index is -0.935. The second-order valence-electron chi connectivity index (χ2n) is 4.95. The number of rotatable bonds is 6. The quantitative estimate of drug-likeness (QED) is 0.759. The summed E-state index contributed by atoms with van der Waals surface area (Å²) < 4.78 is 6.85. The molecule has 2 rings (SSSR count). The second-order valence-corrected chi connectivity index (χ2v) is 6.50. The van der Waals surface area contributed by atoms with Crippen molar-refractivity contribution in [2.24, 2.45) is 7.05 Å². The number of carbonyl (C=O) groups excluding carboxylic acids is 1. The average molecular weight is 412 g/mol. The Labute approximate surface area is 159 Å². The number of halogens is 4. The molecule has 2 aromatic rings. The summed E-state index contributed by atoms with van der Waals surface area (Å²) in [5.41, 5.74) is 0.288. The molecule has 24 heavy (non-hydrogen) atoms. The summed E-state index contributed by atoms with van der Waals surface area (Å²) in [6.07, 6.45) is -0.935. The lowest BCUT2D eigenvalue weighted by atomic mass is 10.3. The number of nitrogens with one attached hydrogen (secondary N) is 1. The van der Waals surface area contributed by atoms with Gasteiger partial charge in [0, 0.05) is 13.6 Å². The molecule has 0 radical (unpaired) electrons. The van der Waals surface area contributed by atoms with Crippen LogP contribution in [0.1, 0.15) is 10.5 Å². The van der Waals surface area contributed by atoms with E-state index in [0.717, 1.165) is 0 Å². The first-order valence-electron chi connectivity index (χ1n) is 6.85. The fourth-order valence-electron chi connectivity index (χ4n) is 1.90. The van der Waals surface area contributed by atoms with Crippen molar-refractivity contribution >= 4 is 52.3 Å². The zero-order chi connectivity index (χ0) is 17.9. The Balaban J connectivity index is 1.86. The highest BCUT2D eigenvalue weighted by atomic mass is 35.5. The molecule has 130 valence electrons. The molecule has 0 saturated carbocycles. The van der Waals surface area contributed by atoms with Gasteiger partial charge in [0.2, 0.25) is 0 Å².